The van der Waals surface area contributed by atoms with Crippen molar-refractivity contribution >= 4 is 43.3 Å². The van der Waals surface area contributed by atoms with E-state index in [1.54, 1.807) is 72.8 Å². The molecule has 1 atom stereocenters. The van der Waals surface area contributed by atoms with Gasteiger partial charge in [0.1, 0.15) is 0 Å². The molecule has 0 aromatic heterocycles. The second-order valence-electron chi connectivity index (χ2n) is 7.21. The molecule has 0 aliphatic carbocycles. The van der Waals surface area contributed by atoms with Crippen molar-refractivity contribution in [1.82, 2.24) is 5.32 Å². The van der Waals surface area contributed by atoms with Crippen molar-refractivity contribution in [2.75, 3.05) is 11.1 Å². The predicted molar refractivity (Wildman–Crippen MR) is 122 cm³/mol. The highest BCUT2D eigenvalue weighted by Gasteiger charge is 2.30. The Labute approximate surface area is 188 Å². The molecule has 1 heterocycles. The second-order valence-corrected chi connectivity index (χ2v) is 10.2. The van der Waals surface area contributed by atoms with Crippen molar-refractivity contribution in [2.24, 2.45) is 0 Å². The van der Waals surface area contributed by atoms with E-state index in [1.807, 2.05) is 0 Å². The van der Waals surface area contributed by atoms with Gasteiger partial charge in [-0.15, -0.1) is 0 Å². The fourth-order valence-electron chi connectivity index (χ4n) is 3.49. The van der Waals surface area contributed by atoms with Crippen LogP contribution < -0.4 is 10.6 Å². The van der Waals surface area contributed by atoms with Gasteiger partial charge in [0.15, 0.2) is 9.84 Å². The number of amides is 2. The van der Waals surface area contributed by atoms with Gasteiger partial charge in [0.25, 0.3) is 11.8 Å². The van der Waals surface area contributed by atoms with Crippen LogP contribution in [0, 0.1) is 0 Å². The standard InChI is InChI=1S/C23H19BrN2O4S/c24-17-9-5-15(6-10-17)22(27)25-18-11-7-16(8-12-18)23(28)26-20-13-14-31(29,30)21-4-2-1-3-19(20)21/h1-12,20H,13-14H2,(H,25,27)(H,26,28). The number of hydrogen-bond acceptors (Lipinski definition) is 4. The van der Waals surface area contributed by atoms with Crippen molar-refractivity contribution in [1.29, 1.82) is 0 Å². The highest BCUT2D eigenvalue weighted by molar-refractivity contribution is 9.10. The highest BCUT2D eigenvalue weighted by Crippen LogP contribution is 2.32. The number of fused-ring (bicyclic) bond motifs is 1. The maximum absolute atomic E-state index is 12.7. The van der Waals surface area contributed by atoms with Gasteiger partial charge in [-0.3, -0.25) is 9.59 Å². The molecule has 3 aromatic carbocycles. The quantitative estimate of drug-likeness (QED) is 0.559. The molecule has 0 bridgehead atoms. The molecule has 0 saturated carbocycles. The zero-order valence-corrected chi connectivity index (χ0v) is 18.7. The number of anilines is 1. The molecule has 8 heteroatoms. The van der Waals surface area contributed by atoms with Gasteiger partial charge in [-0.25, -0.2) is 8.42 Å². The van der Waals surface area contributed by atoms with E-state index in [0.717, 1.165) is 4.47 Å². The van der Waals surface area contributed by atoms with Gasteiger partial charge in [0.2, 0.25) is 0 Å². The first-order valence-electron chi connectivity index (χ1n) is 9.63. The van der Waals surface area contributed by atoms with Gasteiger partial charge >= 0.3 is 0 Å². The van der Waals surface area contributed by atoms with Gasteiger partial charge in [0.05, 0.1) is 16.7 Å². The molecule has 6 nitrogen and oxygen atoms in total. The van der Waals surface area contributed by atoms with E-state index in [9.17, 15) is 18.0 Å². The summed E-state index contributed by atoms with van der Waals surface area (Å²) in [4.78, 5) is 25.3. The summed E-state index contributed by atoms with van der Waals surface area (Å²) in [5.74, 6) is -0.551. The summed E-state index contributed by atoms with van der Waals surface area (Å²) in [6.45, 7) is 0. The molecule has 3 aromatic rings. The average Bonchev–Trinajstić information content (AvgIpc) is 2.77. The number of carbonyl (C=O) groups is 2. The molecular formula is C23H19BrN2O4S. The lowest BCUT2D eigenvalue weighted by atomic mass is 10.0. The monoisotopic (exact) mass is 498 g/mol. The number of carbonyl (C=O) groups excluding carboxylic acids is 2. The van der Waals surface area contributed by atoms with Gasteiger partial charge in [0, 0.05) is 21.3 Å². The summed E-state index contributed by atoms with van der Waals surface area (Å²) in [7, 11) is -3.31. The van der Waals surface area contributed by atoms with Crippen LogP contribution in [-0.4, -0.2) is 26.0 Å². The Morgan fingerprint density at radius 3 is 2.16 bits per heavy atom. The van der Waals surface area contributed by atoms with Gasteiger partial charge in [-0.1, -0.05) is 34.1 Å². The first-order valence-corrected chi connectivity index (χ1v) is 12.1. The van der Waals surface area contributed by atoms with E-state index in [0.29, 0.717) is 28.8 Å². The predicted octanol–water partition coefficient (Wildman–Crippen LogP) is 4.35. The molecule has 4 rings (SSSR count). The summed E-state index contributed by atoms with van der Waals surface area (Å²) in [5, 5.41) is 5.72. The maximum Gasteiger partial charge on any atom is 0.255 e. The topological polar surface area (TPSA) is 92.3 Å². The largest absolute Gasteiger partial charge is 0.345 e. The van der Waals surface area contributed by atoms with Crippen LogP contribution >= 0.6 is 15.9 Å². The minimum absolute atomic E-state index is 0.00398. The minimum Gasteiger partial charge on any atom is -0.345 e. The van der Waals surface area contributed by atoms with Crippen molar-refractivity contribution < 1.29 is 18.0 Å². The molecular weight excluding hydrogens is 480 g/mol. The Morgan fingerprint density at radius 1 is 0.839 bits per heavy atom. The molecule has 0 saturated heterocycles. The summed E-state index contributed by atoms with van der Waals surface area (Å²) in [6.07, 6.45) is 0.326. The van der Waals surface area contributed by atoms with E-state index in [1.165, 1.54) is 0 Å². The summed E-state index contributed by atoms with van der Waals surface area (Å²) in [5.41, 5.74) is 2.13. The Bertz CT molecular complexity index is 1240. The van der Waals surface area contributed by atoms with Crippen molar-refractivity contribution in [3.05, 3.63) is 94.0 Å². The van der Waals surface area contributed by atoms with Crippen LogP contribution in [0.15, 0.2) is 82.2 Å². The van der Waals surface area contributed by atoms with E-state index in [2.05, 4.69) is 26.6 Å². The lowest BCUT2D eigenvalue weighted by Gasteiger charge is -2.26. The molecule has 1 unspecified atom stereocenters. The number of rotatable bonds is 4. The molecule has 0 fully saturated rings. The Hall–Kier alpha value is -2.97. The third kappa shape index (κ3) is 4.70. The Kier molecular flexibility index (Phi) is 5.93. The first-order chi connectivity index (χ1) is 14.8. The lowest BCUT2D eigenvalue weighted by Crippen LogP contribution is -2.33. The van der Waals surface area contributed by atoms with Gasteiger partial charge < -0.3 is 10.6 Å². The van der Waals surface area contributed by atoms with Crippen molar-refractivity contribution in [3.8, 4) is 0 Å². The maximum atomic E-state index is 12.7. The SMILES string of the molecule is O=C(Nc1ccc(C(=O)NC2CCS(=O)(=O)c3ccccc32)cc1)c1ccc(Br)cc1. The van der Waals surface area contributed by atoms with Crippen LogP contribution in [0.25, 0.3) is 0 Å². The van der Waals surface area contributed by atoms with Gasteiger partial charge in [-0.2, -0.15) is 0 Å². The van der Waals surface area contributed by atoms with Crippen LogP contribution in [0.2, 0.25) is 0 Å². The number of benzene rings is 3. The fraction of sp³-hybridized carbons (Fsp3) is 0.130. The number of halogens is 1. The van der Waals surface area contributed by atoms with Crippen molar-refractivity contribution in [3.63, 3.8) is 0 Å². The average molecular weight is 499 g/mol. The molecule has 1 aliphatic heterocycles. The van der Waals surface area contributed by atoms with E-state index < -0.39 is 9.84 Å². The van der Waals surface area contributed by atoms with E-state index in [-0.39, 0.29) is 28.5 Å². The zero-order chi connectivity index (χ0) is 22.0. The minimum atomic E-state index is -3.31. The molecule has 0 spiro atoms. The Balaban J connectivity index is 1.44. The first kappa shape index (κ1) is 21.3. The van der Waals surface area contributed by atoms with Crippen LogP contribution in [0.3, 0.4) is 0 Å². The number of hydrogen-bond donors (Lipinski definition) is 2. The fourth-order valence-corrected chi connectivity index (χ4v) is 5.38. The third-order valence-electron chi connectivity index (χ3n) is 5.12. The molecule has 2 N–H and O–H groups in total. The molecule has 1 aliphatic rings. The highest BCUT2D eigenvalue weighted by atomic mass is 79.9. The molecule has 2 amide bonds. The second kappa shape index (κ2) is 8.64. The number of sulfone groups is 1. The van der Waals surface area contributed by atoms with Crippen LogP contribution in [0.5, 0.6) is 0 Å². The third-order valence-corrected chi connectivity index (χ3v) is 7.47. The normalized spacial score (nSPS) is 16.7. The summed E-state index contributed by atoms with van der Waals surface area (Å²) < 4.78 is 25.4. The van der Waals surface area contributed by atoms with Crippen LogP contribution in [-0.2, 0) is 9.84 Å². The molecule has 31 heavy (non-hydrogen) atoms. The van der Waals surface area contributed by atoms with Crippen LogP contribution in [0.4, 0.5) is 5.69 Å². The molecule has 0 radical (unpaired) electrons. The van der Waals surface area contributed by atoms with E-state index in [4.69, 9.17) is 0 Å². The van der Waals surface area contributed by atoms with Crippen LogP contribution in [0.1, 0.15) is 38.7 Å². The van der Waals surface area contributed by atoms with Crippen molar-refractivity contribution in [2.45, 2.75) is 17.4 Å². The zero-order valence-electron chi connectivity index (χ0n) is 16.3. The number of nitrogens with one attached hydrogen (secondary N) is 2. The Morgan fingerprint density at radius 2 is 1.45 bits per heavy atom. The van der Waals surface area contributed by atoms with E-state index >= 15 is 0 Å². The summed E-state index contributed by atoms with van der Waals surface area (Å²) in [6, 6.07) is 19.9. The smallest absolute Gasteiger partial charge is 0.255 e. The van der Waals surface area contributed by atoms with Gasteiger partial charge in [-0.05, 0) is 66.6 Å². The molecule has 158 valence electrons. The lowest BCUT2D eigenvalue weighted by molar-refractivity contribution is 0.0934. The summed E-state index contributed by atoms with van der Waals surface area (Å²) >= 11 is 3.33.